The number of ether oxygens (including phenoxy) is 1. The van der Waals surface area contributed by atoms with E-state index in [1.807, 2.05) is 0 Å². The van der Waals surface area contributed by atoms with Crippen LogP contribution in [-0.4, -0.2) is 23.9 Å². The summed E-state index contributed by atoms with van der Waals surface area (Å²) in [5.74, 6) is -0.290. The Hall–Kier alpha value is -1.09. The Morgan fingerprint density at radius 1 is 1.53 bits per heavy atom. The van der Waals surface area contributed by atoms with Crippen LogP contribution in [0.5, 0.6) is 0 Å². The Kier molecular flexibility index (Phi) is 8.78. The lowest BCUT2D eigenvalue weighted by Crippen LogP contribution is -2.06. The normalized spacial score (nSPS) is 8.73. The van der Waals surface area contributed by atoms with Gasteiger partial charge in [0.25, 0.3) is 0 Å². The number of unbranched alkanes of at least 4 members (excludes halogenated alkanes) is 1. The van der Waals surface area contributed by atoms with E-state index in [0.29, 0.717) is 12.2 Å². The molecule has 3 nitrogen and oxygen atoms in total. The summed E-state index contributed by atoms with van der Waals surface area (Å²) in [6.45, 7) is 2.54. The number of esters is 1. The highest BCUT2D eigenvalue weighted by molar-refractivity contribution is 6.15. The number of rotatable bonds is 4. The van der Waals surface area contributed by atoms with Crippen LogP contribution in [0.25, 0.3) is 0 Å². The Morgan fingerprint density at radius 3 is 2.80 bits per heavy atom. The first-order chi connectivity index (χ1) is 7.34. The first kappa shape index (κ1) is 13.9. The molecule has 0 aromatic carbocycles. The van der Waals surface area contributed by atoms with E-state index in [-0.39, 0.29) is 5.97 Å². The van der Waals surface area contributed by atoms with Crippen molar-refractivity contribution in [1.29, 1.82) is 0 Å². The van der Waals surface area contributed by atoms with Crippen LogP contribution < -0.4 is 0 Å². The minimum Gasteiger partial charge on any atom is -0.462 e. The fourth-order valence-electron chi connectivity index (χ4n) is 0.876. The third-order valence-corrected chi connectivity index (χ3v) is 1.63. The molecule has 0 saturated carbocycles. The zero-order chi connectivity index (χ0) is 11.5. The number of alkyl halides is 1. The van der Waals surface area contributed by atoms with Crippen molar-refractivity contribution in [3.8, 4) is 0 Å². The lowest BCUT2D eigenvalue weighted by atomic mass is 10.3. The molecule has 0 aliphatic heterocycles. The van der Waals surface area contributed by atoms with E-state index in [2.05, 4.69) is 23.5 Å². The van der Waals surface area contributed by atoms with Crippen LogP contribution in [0.3, 0.4) is 0 Å². The lowest BCUT2D eigenvalue weighted by Gasteiger charge is -2.02. The number of hydrogen-bond donors (Lipinski definition) is 0. The minimum absolute atomic E-state index is 0.290. The Labute approximate surface area is 95.4 Å². The van der Waals surface area contributed by atoms with E-state index < -0.39 is 0 Å². The van der Waals surface area contributed by atoms with Crippen LogP contribution in [0.15, 0.2) is 24.5 Å². The van der Waals surface area contributed by atoms with Crippen molar-refractivity contribution in [2.24, 2.45) is 0 Å². The van der Waals surface area contributed by atoms with Crippen LogP contribution in [0.2, 0.25) is 0 Å². The maximum atomic E-state index is 11.3. The second-order valence-corrected chi connectivity index (χ2v) is 2.73. The summed E-state index contributed by atoms with van der Waals surface area (Å²) < 4.78 is 4.99. The number of carbonyl (C=O) groups is 1. The van der Waals surface area contributed by atoms with Gasteiger partial charge in [-0.1, -0.05) is 13.3 Å². The van der Waals surface area contributed by atoms with Crippen LogP contribution in [-0.2, 0) is 4.74 Å². The SMILES string of the molecule is CCCCOC(=O)c1cccnc1.CCl. The fraction of sp³-hybridized carbons (Fsp3) is 0.455. The monoisotopic (exact) mass is 229 g/mol. The third kappa shape index (κ3) is 6.07. The van der Waals surface area contributed by atoms with Crippen LogP contribution >= 0.6 is 11.6 Å². The first-order valence-corrected chi connectivity index (χ1v) is 5.55. The summed E-state index contributed by atoms with van der Waals surface area (Å²) in [7, 11) is 0. The maximum absolute atomic E-state index is 11.3. The van der Waals surface area contributed by atoms with Gasteiger partial charge >= 0.3 is 5.97 Å². The molecular formula is C11H16ClNO2. The smallest absolute Gasteiger partial charge is 0.339 e. The van der Waals surface area contributed by atoms with Gasteiger partial charge in [0.15, 0.2) is 0 Å². The van der Waals surface area contributed by atoms with Gasteiger partial charge in [-0.3, -0.25) is 4.98 Å². The van der Waals surface area contributed by atoms with Crippen molar-refractivity contribution >= 4 is 17.6 Å². The van der Waals surface area contributed by atoms with Gasteiger partial charge in [0.1, 0.15) is 0 Å². The molecule has 0 fully saturated rings. The van der Waals surface area contributed by atoms with Gasteiger partial charge < -0.3 is 4.74 Å². The summed E-state index contributed by atoms with van der Waals surface area (Å²) in [6, 6.07) is 3.41. The number of hydrogen-bond acceptors (Lipinski definition) is 3. The predicted molar refractivity (Wildman–Crippen MR) is 61.2 cm³/mol. The molecule has 0 amide bonds. The van der Waals surface area contributed by atoms with Gasteiger partial charge in [-0.05, 0) is 18.6 Å². The van der Waals surface area contributed by atoms with Crippen molar-refractivity contribution in [1.82, 2.24) is 4.98 Å². The standard InChI is InChI=1S/C10H13NO2.CH3Cl/c1-2-3-7-13-10(12)9-5-4-6-11-8-9;1-2/h4-6,8H,2-3,7H2,1H3;1H3. The second-order valence-electron chi connectivity index (χ2n) is 2.73. The molecular weight excluding hydrogens is 214 g/mol. The van der Waals surface area contributed by atoms with Crippen molar-refractivity contribution < 1.29 is 9.53 Å². The number of halogens is 1. The molecule has 84 valence electrons. The first-order valence-electron chi connectivity index (χ1n) is 4.79. The molecule has 1 heterocycles. The van der Waals surface area contributed by atoms with E-state index in [1.165, 1.54) is 12.6 Å². The predicted octanol–water partition coefficient (Wildman–Crippen LogP) is 2.89. The van der Waals surface area contributed by atoms with Gasteiger partial charge in [0.05, 0.1) is 12.2 Å². The van der Waals surface area contributed by atoms with Crippen LogP contribution in [0.4, 0.5) is 0 Å². The molecule has 0 radical (unpaired) electrons. The van der Waals surface area contributed by atoms with E-state index in [0.717, 1.165) is 12.8 Å². The van der Waals surface area contributed by atoms with Gasteiger partial charge in [-0.15, -0.1) is 11.6 Å². The summed E-state index contributed by atoms with van der Waals surface area (Å²) in [6.07, 6.45) is 6.55. The summed E-state index contributed by atoms with van der Waals surface area (Å²) in [5.41, 5.74) is 0.513. The van der Waals surface area contributed by atoms with Gasteiger partial charge in [0, 0.05) is 18.8 Å². The second kappa shape index (κ2) is 9.46. The molecule has 0 bridgehead atoms. The van der Waals surface area contributed by atoms with E-state index in [1.54, 1.807) is 18.3 Å². The summed E-state index contributed by atoms with van der Waals surface area (Å²) >= 11 is 4.64. The third-order valence-electron chi connectivity index (χ3n) is 1.63. The highest BCUT2D eigenvalue weighted by atomic mass is 35.5. The Morgan fingerprint density at radius 2 is 2.27 bits per heavy atom. The topological polar surface area (TPSA) is 39.2 Å². The van der Waals surface area contributed by atoms with Crippen LogP contribution in [0, 0.1) is 0 Å². The Bertz CT molecular complexity index is 265. The molecule has 1 rings (SSSR count). The highest BCUT2D eigenvalue weighted by Gasteiger charge is 2.04. The maximum Gasteiger partial charge on any atom is 0.339 e. The van der Waals surface area contributed by atoms with E-state index in [9.17, 15) is 4.79 Å². The lowest BCUT2D eigenvalue weighted by molar-refractivity contribution is 0.0499. The average molecular weight is 230 g/mol. The number of pyridine rings is 1. The van der Waals surface area contributed by atoms with E-state index >= 15 is 0 Å². The van der Waals surface area contributed by atoms with Gasteiger partial charge in [-0.2, -0.15) is 0 Å². The fourth-order valence-corrected chi connectivity index (χ4v) is 0.876. The van der Waals surface area contributed by atoms with E-state index in [4.69, 9.17) is 4.74 Å². The van der Waals surface area contributed by atoms with Crippen molar-refractivity contribution in [3.63, 3.8) is 0 Å². The summed E-state index contributed by atoms with van der Waals surface area (Å²) in [4.78, 5) is 15.1. The van der Waals surface area contributed by atoms with Crippen molar-refractivity contribution in [2.45, 2.75) is 19.8 Å². The number of nitrogens with zero attached hydrogens (tertiary/aromatic N) is 1. The van der Waals surface area contributed by atoms with Crippen molar-refractivity contribution in [2.75, 3.05) is 13.0 Å². The molecule has 0 atom stereocenters. The van der Waals surface area contributed by atoms with Gasteiger partial charge in [-0.25, -0.2) is 4.79 Å². The quantitative estimate of drug-likeness (QED) is 0.453. The molecule has 0 aliphatic carbocycles. The highest BCUT2D eigenvalue weighted by Crippen LogP contribution is 1.99. The molecule has 15 heavy (non-hydrogen) atoms. The Balaban J connectivity index is 0.000000921. The molecule has 4 heteroatoms. The van der Waals surface area contributed by atoms with Crippen LogP contribution in [0.1, 0.15) is 30.1 Å². The molecule has 0 aliphatic rings. The minimum atomic E-state index is -0.290. The molecule has 0 saturated heterocycles. The molecule has 0 N–H and O–H groups in total. The van der Waals surface area contributed by atoms with Gasteiger partial charge in [0.2, 0.25) is 0 Å². The largest absolute Gasteiger partial charge is 0.462 e. The zero-order valence-corrected chi connectivity index (χ0v) is 9.83. The number of carbonyl (C=O) groups excluding carboxylic acids is 1. The molecule has 0 unspecified atom stereocenters. The zero-order valence-electron chi connectivity index (χ0n) is 9.07. The average Bonchev–Trinajstić information content (AvgIpc) is 2.33. The summed E-state index contributed by atoms with van der Waals surface area (Å²) in [5, 5.41) is 0. The number of aromatic nitrogens is 1. The van der Waals surface area contributed by atoms with Crippen molar-refractivity contribution in [3.05, 3.63) is 30.1 Å². The molecule has 1 aromatic rings. The molecule has 1 aromatic heterocycles. The molecule has 0 spiro atoms.